The Hall–Kier alpha value is -2.76. The summed E-state index contributed by atoms with van der Waals surface area (Å²) < 4.78 is 37.2. The highest BCUT2D eigenvalue weighted by Gasteiger charge is 2.48. The normalized spacial score (nSPS) is 27.2. The zero-order valence-corrected chi connectivity index (χ0v) is 20.3. The maximum Gasteiger partial charge on any atom is 0.296 e. The summed E-state index contributed by atoms with van der Waals surface area (Å²) in [4.78, 5) is 12.1. The Morgan fingerprint density at radius 1 is 1.25 bits per heavy atom. The largest absolute Gasteiger partial charge is 0.456 e. The van der Waals surface area contributed by atoms with Gasteiger partial charge in [-0.15, -0.1) is 0 Å². The minimum absolute atomic E-state index is 0.220. The van der Waals surface area contributed by atoms with Crippen molar-refractivity contribution in [1.82, 2.24) is 15.0 Å². The first kappa shape index (κ1) is 23.6. The van der Waals surface area contributed by atoms with E-state index < -0.39 is 18.3 Å². The number of aryl methyl sites for hydroxylation is 1. The zero-order valence-electron chi connectivity index (χ0n) is 19.5. The van der Waals surface area contributed by atoms with E-state index in [4.69, 9.17) is 30.5 Å². The van der Waals surface area contributed by atoms with Gasteiger partial charge >= 0.3 is 0 Å². The fraction of sp³-hybridized carbons (Fsp3) is 0.440. The average Bonchev–Trinajstić information content (AvgIpc) is 3.61. The van der Waals surface area contributed by atoms with Gasteiger partial charge in [-0.3, -0.25) is 0 Å². The molecule has 0 amide bonds. The molecule has 0 spiro atoms. The van der Waals surface area contributed by atoms with Crippen molar-refractivity contribution in [3.05, 3.63) is 51.8 Å². The molecule has 9 nitrogen and oxygen atoms in total. The predicted molar refractivity (Wildman–Crippen MR) is 131 cm³/mol. The van der Waals surface area contributed by atoms with Crippen molar-refractivity contribution in [2.75, 3.05) is 32.2 Å². The van der Waals surface area contributed by atoms with E-state index in [2.05, 4.69) is 20.3 Å². The lowest BCUT2D eigenvalue weighted by Gasteiger charge is -2.16. The number of hydrogen-bond donors (Lipinski definition) is 3. The number of hydrogen-bond acceptors (Lipinski definition) is 8. The van der Waals surface area contributed by atoms with Gasteiger partial charge in [-0.05, 0) is 36.1 Å². The van der Waals surface area contributed by atoms with Crippen LogP contribution in [0.5, 0.6) is 6.01 Å². The van der Waals surface area contributed by atoms with E-state index in [-0.39, 0.29) is 30.6 Å². The number of methoxy groups -OCH3 is 1. The molecule has 1 aromatic carbocycles. The lowest BCUT2D eigenvalue weighted by atomic mass is 10.0. The van der Waals surface area contributed by atoms with Crippen molar-refractivity contribution < 1.29 is 28.4 Å². The topological polar surface area (TPSA) is 111 Å². The molecular weight excluding hydrogens is 491 g/mol. The number of aromatic amines is 1. The van der Waals surface area contributed by atoms with Gasteiger partial charge in [0.05, 0.1) is 36.4 Å². The minimum atomic E-state index is -0.655. The molecule has 6 rings (SSSR count). The maximum absolute atomic E-state index is 15.1. The van der Waals surface area contributed by atoms with Gasteiger partial charge in [0.2, 0.25) is 0 Å². The van der Waals surface area contributed by atoms with Gasteiger partial charge in [0.1, 0.15) is 29.9 Å². The smallest absolute Gasteiger partial charge is 0.296 e. The molecule has 0 radical (unpaired) electrons. The summed E-state index contributed by atoms with van der Waals surface area (Å²) in [5, 5.41) is 13.6. The molecular formula is C25H26ClFN4O5. The summed E-state index contributed by atoms with van der Waals surface area (Å²) in [6, 6.07) is 5.26. The Bertz CT molecular complexity index is 1320. The molecule has 0 saturated carbocycles. The second kappa shape index (κ2) is 9.60. The number of rotatable bonds is 7. The average molecular weight is 517 g/mol. The fourth-order valence-electron chi connectivity index (χ4n) is 5.17. The Balaban J connectivity index is 1.20. The zero-order chi connectivity index (χ0) is 24.8. The van der Waals surface area contributed by atoms with Crippen LogP contribution in [0.15, 0.2) is 24.3 Å². The Morgan fingerprint density at radius 3 is 2.97 bits per heavy atom. The van der Waals surface area contributed by atoms with E-state index >= 15 is 4.39 Å². The molecule has 2 fully saturated rings. The Labute approximate surface area is 211 Å². The van der Waals surface area contributed by atoms with Crippen molar-refractivity contribution in [2.45, 2.75) is 43.3 Å². The first-order chi connectivity index (χ1) is 17.5. The van der Waals surface area contributed by atoms with E-state index in [0.717, 1.165) is 24.0 Å². The van der Waals surface area contributed by atoms with Crippen LogP contribution in [0.4, 0.5) is 10.2 Å². The minimum Gasteiger partial charge on any atom is -0.456 e. The van der Waals surface area contributed by atoms with Crippen LogP contribution in [-0.4, -0.2) is 71.4 Å². The molecule has 3 aromatic rings. The number of nitrogens with one attached hydrogen (secondary N) is 2. The van der Waals surface area contributed by atoms with Gasteiger partial charge < -0.3 is 34.4 Å². The standard InChI is InChI=1S/C25H26ClFN4O5/c1-33-6-2-3-12-7-13-4-5-16(20(13)15(27)8-12)28-23-14(26)9-17-24(30-23)31-25(29-17)36-19-11-35-21-18(32)10-34-22(19)21/h2-3,7-9,16,18-19,21-22,32H,4-6,10-11H2,1H3,(H2,28,29,30,31)/b3-2+/t16-,18+,19+,21?,22+/m0/s1. The van der Waals surface area contributed by atoms with Gasteiger partial charge in [-0.25, -0.2) is 9.37 Å². The second-order valence-electron chi connectivity index (χ2n) is 9.22. The van der Waals surface area contributed by atoms with Crippen LogP contribution >= 0.6 is 11.6 Å². The Morgan fingerprint density at radius 2 is 2.11 bits per heavy atom. The number of aliphatic hydroxyl groups excluding tert-OH is 1. The van der Waals surface area contributed by atoms with Crippen molar-refractivity contribution in [1.29, 1.82) is 0 Å². The van der Waals surface area contributed by atoms with Crippen molar-refractivity contribution >= 4 is 34.7 Å². The quantitative estimate of drug-likeness (QED) is 0.438. The number of nitrogens with zero attached hydrogens (tertiary/aromatic N) is 2. The van der Waals surface area contributed by atoms with Crippen molar-refractivity contribution in [3.8, 4) is 6.01 Å². The molecule has 4 heterocycles. The summed E-state index contributed by atoms with van der Waals surface area (Å²) >= 11 is 6.52. The molecule has 5 atom stereocenters. The number of halogens is 2. The van der Waals surface area contributed by atoms with Gasteiger partial charge in [0, 0.05) is 12.7 Å². The van der Waals surface area contributed by atoms with E-state index in [1.807, 2.05) is 18.2 Å². The lowest BCUT2D eigenvalue weighted by Crippen LogP contribution is -2.34. The van der Waals surface area contributed by atoms with Crippen LogP contribution in [0.1, 0.15) is 29.2 Å². The monoisotopic (exact) mass is 516 g/mol. The number of anilines is 1. The first-order valence-corrected chi connectivity index (χ1v) is 12.3. The van der Waals surface area contributed by atoms with Crippen LogP contribution in [0.25, 0.3) is 17.2 Å². The van der Waals surface area contributed by atoms with Gasteiger partial charge in [-0.2, -0.15) is 4.98 Å². The number of aliphatic hydroxyl groups is 1. The number of imidazole rings is 1. The maximum atomic E-state index is 15.1. The third-order valence-corrected chi connectivity index (χ3v) is 7.11. The third kappa shape index (κ3) is 4.33. The molecule has 3 aliphatic rings. The van der Waals surface area contributed by atoms with E-state index in [1.54, 1.807) is 13.2 Å². The molecule has 2 saturated heterocycles. The molecule has 1 unspecified atom stereocenters. The van der Waals surface area contributed by atoms with Crippen LogP contribution in [-0.2, 0) is 20.6 Å². The molecule has 0 bridgehead atoms. The summed E-state index contributed by atoms with van der Waals surface area (Å²) in [6.07, 6.45) is 3.39. The lowest BCUT2D eigenvalue weighted by molar-refractivity contribution is 0.00706. The highest BCUT2D eigenvalue weighted by molar-refractivity contribution is 6.33. The number of aromatic nitrogens is 3. The molecule has 3 N–H and O–H groups in total. The summed E-state index contributed by atoms with van der Waals surface area (Å²) in [5.41, 5.74) is 3.43. The number of pyridine rings is 1. The van der Waals surface area contributed by atoms with Crippen molar-refractivity contribution in [2.24, 2.45) is 0 Å². The molecule has 2 aromatic heterocycles. The van der Waals surface area contributed by atoms with Crippen LogP contribution in [0.2, 0.25) is 5.02 Å². The second-order valence-corrected chi connectivity index (χ2v) is 9.63. The predicted octanol–water partition coefficient (Wildman–Crippen LogP) is 3.42. The molecule has 190 valence electrons. The van der Waals surface area contributed by atoms with Crippen LogP contribution < -0.4 is 10.1 Å². The molecule has 2 aliphatic heterocycles. The number of ether oxygens (including phenoxy) is 4. The van der Waals surface area contributed by atoms with Gasteiger partial charge in [-0.1, -0.05) is 29.8 Å². The summed E-state index contributed by atoms with van der Waals surface area (Å²) in [5.74, 6) is 0.165. The Kier molecular flexibility index (Phi) is 6.30. The SMILES string of the molecule is COC/C=C/c1cc(F)c2c(c1)CC[C@@H]2Nc1nc2nc(O[C@@H]3COC4[C@H](O)CO[C@@H]43)[nH]c2cc1Cl. The van der Waals surface area contributed by atoms with Gasteiger partial charge in [0.25, 0.3) is 6.01 Å². The first-order valence-electron chi connectivity index (χ1n) is 11.9. The highest BCUT2D eigenvalue weighted by atomic mass is 35.5. The van der Waals surface area contributed by atoms with Crippen LogP contribution in [0, 0.1) is 5.82 Å². The van der Waals surface area contributed by atoms with E-state index in [9.17, 15) is 5.11 Å². The summed E-state index contributed by atoms with van der Waals surface area (Å²) in [7, 11) is 1.62. The fourth-order valence-corrected chi connectivity index (χ4v) is 5.37. The van der Waals surface area contributed by atoms with Gasteiger partial charge in [0.15, 0.2) is 11.8 Å². The van der Waals surface area contributed by atoms with E-state index in [0.29, 0.717) is 40.8 Å². The number of benzene rings is 1. The molecule has 1 aliphatic carbocycles. The number of fused-ring (bicyclic) bond motifs is 3. The van der Waals surface area contributed by atoms with Crippen LogP contribution in [0.3, 0.4) is 0 Å². The van der Waals surface area contributed by atoms with E-state index in [1.165, 1.54) is 6.07 Å². The third-order valence-electron chi connectivity index (χ3n) is 6.82. The molecule has 36 heavy (non-hydrogen) atoms. The highest BCUT2D eigenvalue weighted by Crippen LogP contribution is 2.38. The summed E-state index contributed by atoms with van der Waals surface area (Å²) in [6.45, 7) is 0.987. The molecule has 11 heteroatoms. The van der Waals surface area contributed by atoms with Crippen molar-refractivity contribution in [3.63, 3.8) is 0 Å². The number of H-pyrrole nitrogens is 1.